The molecule has 118 valence electrons. The van der Waals surface area contributed by atoms with E-state index in [2.05, 4.69) is 5.32 Å². The van der Waals surface area contributed by atoms with Crippen LogP contribution in [0.4, 0.5) is 10.1 Å². The summed E-state index contributed by atoms with van der Waals surface area (Å²) in [5, 5.41) is 2.41. The maximum Gasteiger partial charge on any atom is 0.231 e. The fraction of sp³-hybridized carbons (Fsp3) is 0.500. The largest absolute Gasteiger partial charge is 0.325 e. The standard InChI is InChI=1S/C14H21FN2O3S/c1-13(2,14(3,4)16)12(18)17-11-8-9(21(5,19)20)6-7-10(11)15/h6-8H,16H2,1-5H3,(H,17,18). The molecule has 0 atom stereocenters. The van der Waals surface area contributed by atoms with Crippen molar-refractivity contribution in [2.24, 2.45) is 11.1 Å². The lowest BCUT2D eigenvalue weighted by molar-refractivity contribution is -0.126. The molecule has 0 aliphatic carbocycles. The van der Waals surface area contributed by atoms with Gasteiger partial charge in [-0.2, -0.15) is 0 Å². The predicted molar refractivity (Wildman–Crippen MR) is 80.2 cm³/mol. The summed E-state index contributed by atoms with van der Waals surface area (Å²) in [6.45, 7) is 6.66. The average Bonchev–Trinajstić information content (AvgIpc) is 2.28. The van der Waals surface area contributed by atoms with Crippen molar-refractivity contribution >= 4 is 21.4 Å². The Labute approximate surface area is 124 Å². The Morgan fingerprint density at radius 1 is 1.24 bits per heavy atom. The third-order valence-corrected chi connectivity index (χ3v) is 4.90. The van der Waals surface area contributed by atoms with Crippen LogP contribution >= 0.6 is 0 Å². The summed E-state index contributed by atoms with van der Waals surface area (Å²) in [5.41, 5.74) is 3.97. The molecule has 1 amide bonds. The number of sulfone groups is 1. The second-order valence-corrected chi connectivity index (χ2v) is 8.23. The summed E-state index contributed by atoms with van der Waals surface area (Å²) < 4.78 is 36.7. The molecule has 7 heteroatoms. The molecule has 0 saturated heterocycles. The van der Waals surface area contributed by atoms with Crippen LogP contribution in [0.1, 0.15) is 27.7 Å². The van der Waals surface area contributed by atoms with E-state index in [9.17, 15) is 17.6 Å². The van der Waals surface area contributed by atoms with E-state index in [-0.39, 0.29) is 10.6 Å². The van der Waals surface area contributed by atoms with E-state index in [4.69, 9.17) is 5.73 Å². The summed E-state index contributed by atoms with van der Waals surface area (Å²) >= 11 is 0. The van der Waals surface area contributed by atoms with E-state index in [0.29, 0.717) is 0 Å². The monoisotopic (exact) mass is 316 g/mol. The van der Waals surface area contributed by atoms with Crippen molar-refractivity contribution in [3.05, 3.63) is 24.0 Å². The fourth-order valence-electron chi connectivity index (χ4n) is 1.40. The number of hydrogen-bond acceptors (Lipinski definition) is 4. The summed E-state index contributed by atoms with van der Waals surface area (Å²) in [4.78, 5) is 12.2. The van der Waals surface area contributed by atoms with Gasteiger partial charge in [0.15, 0.2) is 9.84 Å². The van der Waals surface area contributed by atoms with E-state index >= 15 is 0 Å². The van der Waals surface area contributed by atoms with E-state index in [1.807, 2.05) is 0 Å². The Balaban J connectivity index is 3.18. The summed E-state index contributed by atoms with van der Waals surface area (Å²) in [7, 11) is -3.48. The quantitative estimate of drug-likeness (QED) is 0.831. The van der Waals surface area contributed by atoms with Gasteiger partial charge < -0.3 is 11.1 Å². The summed E-state index contributed by atoms with van der Waals surface area (Å²) in [5.74, 6) is -1.19. The van der Waals surface area contributed by atoms with Crippen LogP contribution in [0.3, 0.4) is 0 Å². The topological polar surface area (TPSA) is 89.3 Å². The SMILES string of the molecule is CC(C)(N)C(C)(C)C(=O)Nc1cc(S(C)(=O)=O)ccc1F. The molecule has 1 rings (SSSR count). The van der Waals surface area contributed by atoms with E-state index < -0.39 is 32.5 Å². The van der Waals surface area contributed by atoms with Crippen LogP contribution in [0.15, 0.2) is 23.1 Å². The van der Waals surface area contributed by atoms with Gasteiger partial charge in [-0.1, -0.05) is 0 Å². The molecule has 0 aliphatic heterocycles. The second kappa shape index (κ2) is 5.38. The number of carbonyl (C=O) groups excluding carboxylic acids is 1. The Hall–Kier alpha value is -1.47. The minimum Gasteiger partial charge on any atom is -0.325 e. The lowest BCUT2D eigenvalue weighted by Gasteiger charge is -2.36. The number of benzene rings is 1. The van der Waals surface area contributed by atoms with Crippen LogP contribution in [0.5, 0.6) is 0 Å². The Morgan fingerprint density at radius 2 is 1.76 bits per heavy atom. The first-order valence-electron chi connectivity index (χ1n) is 6.37. The number of rotatable bonds is 4. The highest BCUT2D eigenvalue weighted by atomic mass is 32.2. The molecule has 0 bridgehead atoms. The summed E-state index contributed by atoms with van der Waals surface area (Å²) in [6.07, 6.45) is 1.01. The number of carbonyl (C=O) groups is 1. The maximum atomic E-state index is 13.8. The van der Waals surface area contributed by atoms with Gasteiger partial charge in [0.2, 0.25) is 5.91 Å². The van der Waals surface area contributed by atoms with E-state index in [1.54, 1.807) is 27.7 Å². The molecular weight excluding hydrogens is 295 g/mol. The minimum atomic E-state index is -3.48. The van der Waals surface area contributed by atoms with E-state index in [0.717, 1.165) is 24.5 Å². The smallest absolute Gasteiger partial charge is 0.231 e. The number of hydrogen-bond donors (Lipinski definition) is 2. The number of nitrogens with two attached hydrogens (primary N) is 1. The Kier molecular flexibility index (Phi) is 4.51. The van der Waals surface area contributed by atoms with Gasteiger partial charge in [-0.15, -0.1) is 0 Å². The maximum absolute atomic E-state index is 13.8. The first-order chi connectivity index (χ1) is 9.26. The minimum absolute atomic E-state index is 0.0657. The van der Waals surface area contributed by atoms with Crippen LogP contribution in [-0.4, -0.2) is 26.1 Å². The number of amides is 1. The van der Waals surface area contributed by atoms with Crippen molar-refractivity contribution in [1.29, 1.82) is 0 Å². The van der Waals surface area contributed by atoms with Gasteiger partial charge in [0.25, 0.3) is 0 Å². The number of halogens is 1. The van der Waals surface area contributed by atoms with Crippen molar-refractivity contribution in [3.8, 4) is 0 Å². The molecule has 1 aromatic carbocycles. The lowest BCUT2D eigenvalue weighted by Crippen LogP contribution is -2.53. The van der Waals surface area contributed by atoms with Crippen molar-refractivity contribution in [3.63, 3.8) is 0 Å². The normalized spacial score (nSPS) is 13.1. The highest BCUT2D eigenvalue weighted by molar-refractivity contribution is 7.90. The van der Waals surface area contributed by atoms with Gasteiger partial charge in [0, 0.05) is 11.8 Å². The Bertz CT molecular complexity index is 661. The van der Waals surface area contributed by atoms with Crippen molar-refractivity contribution in [2.75, 3.05) is 11.6 Å². The Morgan fingerprint density at radius 3 is 2.19 bits per heavy atom. The molecule has 0 aliphatic rings. The van der Waals surface area contributed by atoms with Crippen LogP contribution in [0.25, 0.3) is 0 Å². The van der Waals surface area contributed by atoms with Crippen LogP contribution < -0.4 is 11.1 Å². The van der Waals surface area contributed by atoms with E-state index in [1.165, 1.54) is 0 Å². The average molecular weight is 316 g/mol. The van der Waals surface area contributed by atoms with Crippen LogP contribution in [0, 0.1) is 11.2 Å². The molecule has 0 radical (unpaired) electrons. The highest BCUT2D eigenvalue weighted by Crippen LogP contribution is 2.30. The van der Waals surface area contributed by atoms with Gasteiger partial charge in [-0.3, -0.25) is 4.79 Å². The molecule has 0 spiro atoms. The zero-order valence-corrected chi connectivity index (χ0v) is 13.6. The van der Waals surface area contributed by atoms with Crippen LogP contribution in [0.2, 0.25) is 0 Å². The van der Waals surface area contributed by atoms with Gasteiger partial charge in [-0.25, -0.2) is 12.8 Å². The molecular formula is C14H21FN2O3S. The van der Waals surface area contributed by atoms with Gasteiger partial charge >= 0.3 is 0 Å². The third-order valence-electron chi connectivity index (χ3n) is 3.79. The molecule has 1 aromatic rings. The highest BCUT2D eigenvalue weighted by Gasteiger charge is 2.40. The molecule has 0 fully saturated rings. The van der Waals surface area contributed by atoms with Crippen molar-refractivity contribution < 1.29 is 17.6 Å². The molecule has 3 N–H and O–H groups in total. The lowest BCUT2D eigenvalue weighted by atomic mass is 9.74. The second-order valence-electron chi connectivity index (χ2n) is 6.21. The van der Waals surface area contributed by atoms with Gasteiger partial charge in [0.05, 0.1) is 16.0 Å². The van der Waals surface area contributed by atoms with Gasteiger partial charge in [0.1, 0.15) is 5.82 Å². The molecule has 0 aromatic heterocycles. The number of nitrogens with one attached hydrogen (secondary N) is 1. The van der Waals surface area contributed by atoms with Crippen LogP contribution in [-0.2, 0) is 14.6 Å². The predicted octanol–water partition coefficient (Wildman–Crippen LogP) is 1.93. The molecule has 21 heavy (non-hydrogen) atoms. The van der Waals surface area contributed by atoms with Crippen molar-refractivity contribution in [1.82, 2.24) is 0 Å². The van der Waals surface area contributed by atoms with Crippen molar-refractivity contribution in [2.45, 2.75) is 38.1 Å². The fourth-order valence-corrected chi connectivity index (χ4v) is 2.05. The molecule has 0 saturated carbocycles. The zero-order valence-electron chi connectivity index (χ0n) is 12.8. The molecule has 5 nitrogen and oxygen atoms in total. The first-order valence-corrected chi connectivity index (χ1v) is 8.26. The summed E-state index contributed by atoms with van der Waals surface area (Å²) in [6, 6.07) is 3.26. The number of anilines is 1. The zero-order chi connectivity index (χ0) is 16.6. The molecule has 0 unspecified atom stereocenters. The van der Waals surface area contributed by atoms with Gasteiger partial charge in [-0.05, 0) is 45.9 Å². The first kappa shape index (κ1) is 17.6. The third kappa shape index (κ3) is 3.79. The molecule has 0 heterocycles.